The molecule has 1 aliphatic rings. The van der Waals surface area contributed by atoms with Gasteiger partial charge in [-0.2, -0.15) is 4.98 Å². The van der Waals surface area contributed by atoms with Crippen molar-refractivity contribution < 1.29 is 9.59 Å². The molecule has 2 N–H and O–H groups in total. The summed E-state index contributed by atoms with van der Waals surface area (Å²) < 4.78 is 1.74. The molecule has 0 unspecified atom stereocenters. The summed E-state index contributed by atoms with van der Waals surface area (Å²) in [5.41, 5.74) is 1.34. The summed E-state index contributed by atoms with van der Waals surface area (Å²) in [6, 6.07) is 6.74. The Morgan fingerprint density at radius 2 is 1.72 bits per heavy atom. The van der Waals surface area contributed by atoms with Gasteiger partial charge < -0.3 is 20.4 Å². The molecular weight excluding hydrogens is 430 g/mol. The van der Waals surface area contributed by atoms with Gasteiger partial charge in [0.15, 0.2) is 10.8 Å². The smallest absolute Gasteiger partial charge is 0.273 e. The number of thiazole rings is 1. The third-order valence-corrected chi connectivity index (χ3v) is 6.36. The molecule has 1 aromatic carbocycles. The van der Waals surface area contributed by atoms with Gasteiger partial charge in [0.05, 0.1) is 0 Å². The van der Waals surface area contributed by atoms with Crippen LogP contribution in [0, 0.1) is 0 Å². The van der Waals surface area contributed by atoms with Gasteiger partial charge in [-0.15, -0.1) is 0 Å². The molecule has 168 valence electrons. The predicted molar refractivity (Wildman–Crippen MR) is 125 cm³/mol. The van der Waals surface area contributed by atoms with Crippen molar-refractivity contribution in [1.82, 2.24) is 19.4 Å². The van der Waals surface area contributed by atoms with Gasteiger partial charge in [-0.25, -0.2) is 4.98 Å². The van der Waals surface area contributed by atoms with Crippen LogP contribution in [0.3, 0.4) is 0 Å². The summed E-state index contributed by atoms with van der Waals surface area (Å²) in [6.07, 6.45) is 1.36. The second kappa shape index (κ2) is 9.45. The zero-order valence-corrected chi connectivity index (χ0v) is 18.8. The zero-order valence-electron chi connectivity index (χ0n) is 18.0. The minimum Gasteiger partial charge on any atom is -0.345 e. The first-order chi connectivity index (χ1) is 15.4. The third-order valence-electron chi connectivity index (χ3n) is 5.27. The van der Waals surface area contributed by atoms with Gasteiger partial charge in [-0.05, 0) is 30.8 Å². The van der Waals surface area contributed by atoms with Gasteiger partial charge >= 0.3 is 0 Å². The van der Waals surface area contributed by atoms with Crippen molar-refractivity contribution in [3.05, 3.63) is 40.9 Å². The Morgan fingerprint density at radius 1 is 1.06 bits per heavy atom. The number of likely N-dealkylation sites (N-methyl/N-ethyl adjacent to an activating group) is 1. The largest absolute Gasteiger partial charge is 0.345 e. The number of rotatable bonds is 6. The highest BCUT2D eigenvalue weighted by Crippen LogP contribution is 2.26. The molecule has 0 spiro atoms. The van der Waals surface area contributed by atoms with E-state index in [9.17, 15) is 14.4 Å². The first-order valence-corrected chi connectivity index (χ1v) is 11.3. The highest BCUT2D eigenvalue weighted by molar-refractivity contribution is 7.22. The maximum Gasteiger partial charge on any atom is 0.273 e. The molecule has 0 atom stereocenters. The van der Waals surface area contributed by atoms with Crippen molar-refractivity contribution in [2.75, 3.05) is 48.3 Å². The van der Waals surface area contributed by atoms with Crippen LogP contribution in [-0.2, 0) is 16.1 Å². The second-order valence-electron chi connectivity index (χ2n) is 7.55. The van der Waals surface area contributed by atoms with Gasteiger partial charge in [-0.3, -0.25) is 19.0 Å². The van der Waals surface area contributed by atoms with Crippen molar-refractivity contribution >= 4 is 50.0 Å². The lowest BCUT2D eigenvalue weighted by Crippen LogP contribution is -2.46. The van der Waals surface area contributed by atoms with E-state index in [1.807, 2.05) is 0 Å². The summed E-state index contributed by atoms with van der Waals surface area (Å²) >= 11 is 1.33. The van der Waals surface area contributed by atoms with Crippen LogP contribution >= 0.6 is 11.3 Å². The zero-order chi connectivity index (χ0) is 22.7. The van der Waals surface area contributed by atoms with Crippen LogP contribution in [0.15, 0.2) is 35.4 Å². The average Bonchev–Trinajstić information content (AvgIpc) is 3.22. The minimum absolute atomic E-state index is 0.155. The van der Waals surface area contributed by atoms with Gasteiger partial charge in [0.2, 0.25) is 11.8 Å². The standard InChI is InChI=1S/C21H25N7O3S/c1-3-26-8-10-27(11-9-26)21-25-19-18(32-21)20(31)28(13-22-19)12-17(30)24-16-6-4-15(5-7-16)23-14(2)29/h4-7,13H,3,8-12H2,1-2H3,(H,23,29)(H,24,30). The molecular formula is C21H25N7O3S. The molecule has 3 heterocycles. The summed E-state index contributed by atoms with van der Waals surface area (Å²) in [5, 5.41) is 6.21. The number of anilines is 3. The van der Waals surface area contributed by atoms with E-state index in [-0.39, 0.29) is 23.9 Å². The van der Waals surface area contributed by atoms with Crippen LogP contribution in [0.25, 0.3) is 10.3 Å². The molecule has 4 rings (SSSR count). The number of nitrogens with zero attached hydrogens (tertiary/aromatic N) is 5. The van der Waals surface area contributed by atoms with Crippen molar-refractivity contribution in [3.8, 4) is 0 Å². The highest BCUT2D eigenvalue weighted by Gasteiger charge is 2.20. The average molecular weight is 456 g/mol. The molecule has 32 heavy (non-hydrogen) atoms. The lowest BCUT2D eigenvalue weighted by atomic mass is 10.2. The lowest BCUT2D eigenvalue weighted by molar-refractivity contribution is -0.117. The molecule has 0 radical (unpaired) electrons. The third kappa shape index (κ3) is 4.94. The molecule has 1 aliphatic heterocycles. The van der Waals surface area contributed by atoms with Crippen LogP contribution in [0.2, 0.25) is 0 Å². The first kappa shape index (κ1) is 21.9. The normalized spacial score (nSPS) is 14.5. The number of amides is 2. The maximum absolute atomic E-state index is 12.9. The number of aromatic nitrogens is 3. The number of carbonyl (C=O) groups excluding carboxylic acids is 2. The molecule has 10 nitrogen and oxygen atoms in total. The summed E-state index contributed by atoms with van der Waals surface area (Å²) in [6.45, 7) is 8.12. The van der Waals surface area contributed by atoms with Crippen LogP contribution in [0.1, 0.15) is 13.8 Å². The van der Waals surface area contributed by atoms with E-state index in [1.165, 1.54) is 29.2 Å². The van der Waals surface area contributed by atoms with E-state index in [4.69, 9.17) is 0 Å². The van der Waals surface area contributed by atoms with E-state index >= 15 is 0 Å². The van der Waals surface area contributed by atoms with E-state index in [0.717, 1.165) is 37.9 Å². The first-order valence-electron chi connectivity index (χ1n) is 10.4. The second-order valence-corrected chi connectivity index (χ2v) is 8.53. The molecule has 3 aromatic rings. The van der Waals surface area contributed by atoms with Gasteiger partial charge in [0.25, 0.3) is 5.56 Å². The molecule has 0 aliphatic carbocycles. The lowest BCUT2D eigenvalue weighted by Gasteiger charge is -2.33. The number of carbonyl (C=O) groups is 2. The van der Waals surface area contributed by atoms with E-state index in [0.29, 0.717) is 21.7 Å². The molecule has 0 bridgehead atoms. The number of benzene rings is 1. The minimum atomic E-state index is -0.346. The fourth-order valence-electron chi connectivity index (χ4n) is 3.53. The Labute approximate surface area is 188 Å². The maximum atomic E-state index is 12.9. The molecule has 2 aromatic heterocycles. The summed E-state index contributed by atoms with van der Waals surface area (Å²) in [7, 11) is 0. The number of nitrogens with one attached hydrogen (secondary N) is 2. The monoisotopic (exact) mass is 455 g/mol. The Kier molecular flexibility index (Phi) is 6.47. The van der Waals surface area contributed by atoms with Crippen molar-refractivity contribution in [2.24, 2.45) is 0 Å². The Morgan fingerprint density at radius 3 is 2.34 bits per heavy atom. The number of hydrogen-bond acceptors (Lipinski definition) is 8. The van der Waals surface area contributed by atoms with Gasteiger partial charge in [0, 0.05) is 44.5 Å². The van der Waals surface area contributed by atoms with Gasteiger partial charge in [0.1, 0.15) is 17.6 Å². The van der Waals surface area contributed by atoms with Crippen molar-refractivity contribution in [1.29, 1.82) is 0 Å². The SMILES string of the molecule is CCN1CCN(c2nc3ncn(CC(=O)Nc4ccc(NC(C)=O)cc4)c(=O)c3s2)CC1. The predicted octanol–water partition coefficient (Wildman–Crippen LogP) is 1.59. The molecule has 1 fully saturated rings. The highest BCUT2D eigenvalue weighted by atomic mass is 32.1. The number of hydrogen-bond donors (Lipinski definition) is 2. The van der Waals surface area contributed by atoms with E-state index < -0.39 is 0 Å². The van der Waals surface area contributed by atoms with Crippen molar-refractivity contribution in [2.45, 2.75) is 20.4 Å². The Hall–Kier alpha value is -3.31. The van der Waals surface area contributed by atoms with Gasteiger partial charge in [-0.1, -0.05) is 18.3 Å². The van der Waals surface area contributed by atoms with Crippen LogP contribution < -0.4 is 21.1 Å². The van der Waals surface area contributed by atoms with Crippen molar-refractivity contribution in [3.63, 3.8) is 0 Å². The summed E-state index contributed by atoms with van der Waals surface area (Å²) in [4.78, 5) is 49.8. The van der Waals surface area contributed by atoms with Crippen LogP contribution in [0.4, 0.5) is 16.5 Å². The number of fused-ring (bicyclic) bond motifs is 1. The summed E-state index contributed by atoms with van der Waals surface area (Å²) in [5.74, 6) is -0.514. The van der Waals surface area contributed by atoms with Crippen LogP contribution in [0.5, 0.6) is 0 Å². The molecule has 2 amide bonds. The fourth-order valence-corrected chi connectivity index (χ4v) is 4.55. The fraction of sp³-hybridized carbons (Fsp3) is 0.381. The quantitative estimate of drug-likeness (QED) is 0.580. The Balaban J connectivity index is 1.44. The van der Waals surface area contributed by atoms with E-state index in [1.54, 1.807) is 24.3 Å². The van der Waals surface area contributed by atoms with E-state index in [2.05, 4.69) is 37.3 Å². The number of piperazine rings is 1. The Bertz CT molecular complexity index is 1180. The van der Waals surface area contributed by atoms with Crippen LogP contribution in [-0.4, -0.2) is 64.0 Å². The molecule has 1 saturated heterocycles. The molecule has 0 saturated carbocycles. The molecule has 11 heteroatoms. The topological polar surface area (TPSA) is 112 Å².